The van der Waals surface area contributed by atoms with Crippen LogP contribution >= 0.6 is 0 Å². The summed E-state index contributed by atoms with van der Waals surface area (Å²) in [6, 6.07) is 16.2. The molecule has 0 radical (unpaired) electrons. The van der Waals surface area contributed by atoms with E-state index in [1.165, 1.54) is 5.56 Å². The van der Waals surface area contributed by atoms with E-state index in [1.54, 1.807) is 0 Å². The van der Waals surface area contributed by atoms with Gasteiger partial charge in [0.1, 0.15) is 0 Å². The van der Waals surface area contributed by atoms with E-state index < -0.39 is 0 Å². The molecule has 2 rings (SSSR count). The van der Waals surface area contributed by atoms with Crippen LogP contribution in [0.3, 0.4) is 0 Å². The number of carbonyl (C=O) groups is 1. The minimum Gasteiger partial charge on any atom is -0.298 e. The highest BCUT2D eigenvalue weighted by molar-refractivity contribution is 5.87. The molecule has 0 saturated heterocycles. The van der Waals surface area contributed by atoms with E-state index in [0.717, 1.165) is 29.4 Å². The smallest absolute Gasteiger partial charge is 0.150 e. The summed E-state index contributed by atoms with van der Waals surface area (Å²) in [5.41, 5.74) is 4.20. The normalized spacial score (nSPS) is 12.1. The molecule has 0 saturated carbocycles. The maximum Gasteiger partial charge on any atom is 0.150 e. The lowest BCUT2D eigenvalue weighted by Gasteiger charge is -2.10. The summed E-state index contributed by atoms with van der Waals surface area (Å²) < 4.78 is 0. The number of benzene rings is 2. The molecule has 1 atom stereocenters. The quantitative estimate of drug-likeness (QED) is 0.707. The Morgan fingerprint density at radius 1 is 1.06 bits per heavy atom. The first-order valence-corrected chi connectivity index (χ1v) is 6.40. The van der Waals surface area contributed by atoms with Gasteiger partial charge in [-0.25, -0.2) is 0 Å². The number of carbonyl (C=O) groups excluding carboxylic acids is 1. The fourth-order valence-electron chi connectivity index (χ4n) is 2.09. The van der Waals surface area contributed by atoms with Crippen LogP contribution in [0.4, 0.5) is 0 Å². The van der Waals surface area contributed by atoms with Crippen molar-refractivity contribution in [2.45, 2.75) is 26.2 Å². The fraction of sp³-hybridized carbons (Fsp3) is 0.235. The van der Waals surface area contributed by atoms with Gasteiger partial charge in [0.05, 0.1) is 0 Å². The van der Waals surface area contributed by atoms with Crippen molar-refractivity contribution in [3.05, 3.63) is 59.7 Å². The van der Waals surface area contributed by atoms with E-state index >= 15 is 0 Å². The molecule has 1 heteroatoms. The van der Waals surface area contributed by atoms with Crippen LogP contribution in [-0.2, 0) is 0 Å². The molecule has 0 fully saturated rings. The molecule has 92 valence electrons. The zero-order chi connectivity index (χ0) is 13.0. The molecule has 0 bridgehead atoms. The summed E-state index contributed by atoms with van der Waals surface area (Å²) in [7, 11) is 0. The lowest BCUT2D eigenvalue weighted by Crippen LogP contribution is -1.92. The molecule has 0 aliphatic carbocycles. The average Bonchev–Trinajstić information content (AvgIpc) is 2.46. The third kappa shape index (κ3) is 2.51. The van der Waals surface area contributed by atoms with Crippen LogP contribution in [0, 0.1) is 0 Å². The van der Waals surface area contributed by atoms with Crippen LogP contribution in [0.15, 0.2) is 48.5 Å². The SMILES string of the molecule is CCC(C)c1ccc(-c2ccccc2C=O)cc1. The van der Waals surface area contributed by atoms with Gasteiger partial charge in [0.15, 0.2) is 6.29 Å². The van der Waals surface area contributed by atoms with Gasteiger partial charge in [0, 0.05) is 5.56 Å². The lowest BCUT2D eigenvalue weighted by molar-refractivity contribution is 0.112. The van der Waals surface area contributed by atoms with Crippen molar-refractivity contribution in [1.82, 2.24) is 0 Å². The molecule has 0 spiro atoms. The fourth-order valence-corrected chi connectivity index (χ4v) is 2.09. The van der Waals surface area contributed by atoms with Crippen LogP contribution < -0.4 is 0 Å². The Morgan fingerprint density at radius 2 is 1.72 bits per heavy atom. The van der Waals surface area contributed by atoms with Gasteiger partial charge in [-0.3, -0.25) is 4.79 Å². The second-order valence-electron chi connectivity index (χ2n) is 4.64. The number of hydrogen-bond donors (Lipinski definition) is 0. The van der Waals surface area contributed by atoms with Gasteiger partial charge in [0.2, 0.25) is 0 Å². The number of aldehydes is 1. The predicted molar refractivity (Wildman–Crippen MR) is 76.0 cm³/mol. The first-order chi connectivity index (χ1) is 8.76. The molecule has 0 aliphatic heterocycles. The highest BCUT2D eigenvalue weighted by Crippen LogP contribution is 2.25. The summed E-state index contributed by atoms with van der Waals surface area (Å²) in [6.07, 6.45) is 2.06. The van der Waals surface area contributed by atoms with E-state index in [-0.39, 0.29) is 0 Å². The Morgan fingerprint density at radius 3 is 2.33 bits per heavy atom. The molecule has 0 aromatic heterocycles. The van der Waals surface area contributed by atoms with Crippen molar-refractivity contribution in [3.63, 3.8) is 0 Å². The molecule has 2 aromatic carbocycles. The number of hydrogen-bond acceptors (Lipinski definition) is 1. The first kappa shape index (κ1) is 12.6. The summed E-state index contributed by atoms with van der Waals surface area (Å²) >= 11 is 0. The van der Waals surface area contributed by atoms with Gasteiger partial charge in [-0.15, -0.1) is 0 Å². The van der Waals surface area contributed by atoms with Crippen molar-refractivity contribution in [2.75, 3.05) is 0 Å². The topological polar surface area (TPSA) is 17.1 Å². The minimum absolute atomic E-state index is 0.584. The third-order valence-corrected chi connectivity index (χ3v) is 3.49. The van der Waals surface area contributed by atoms with Gasteiger partial charge in [-0.2, -0.15) is 0 Å². The van der Waals surface area contributed by atoms with Gasteiger partial charge < -0.3 is 0 Å². The minimum atomic E-state index is 0.584. The predicted octanol–water partition coefficient (Wildman–Crippen LogP) is 4.68. The van der Waals surface area contributed by atoms with Crippen molar-refractivity contribution in [2.24, 2.45) is 0 Å². The largest absolute Gasteiger partial charge is 0.298 e. The van der Waals surface area contributed by atoms with Crippen LogP contribution in [0.5, 0.6) is 0 Å². The third-order valence-electron chi connectivity index (χ3n) is 3.49. The second-order valence-corrected chi connectivity index (χ2v) is 4.64. The molecule has 0 heterocycles. The van der Waals surface area contributed by atoms with Crippen molar-refractivity contribution >= 4 is 6.29 Å². The lowest BCUT2D eigenvalue weighted by atomic mass is 9.94. The molecule has 0 amide bonds. The van der Waals surface area contributed by atoms with Crippen LogP contribution in [-0.4, -0.2) is 6.29 Å². The molecule has 0 aliphatic rings. The second kappa shape index (κ2) is 5.63. The van der Waals surface area contributed by atoms with Crippen LogP contribution in [0.25, 0.3) is 11.1 Å². The molecular weight excluding hydrogens is 220 g/mol. The zero-order valence-electron chi connectivity index (χ0n) is 10.9. The summed E-state index contributed by atoms with van der Waals surface area (Å²) in [5, 5.41) is 0. The van der Waals surface area contributed by atoms with Crippen molar-refractivity contribution in [3.8, 4) is 11.1 Å². The monoisotopic (exact) mass is 238 g/mol. The first-order valence-electron chi connectivity index (χ1n) is 6.40. The van der Waals surface area contributed by atoms with E-state index in [2.05, 4.69) is 38.1 Å². The average molecular weight is 238 g/mol. The molecule has 0 N–H and O–H groups in total. The van der Waals surface area contributed by atoms with E-state index in [1.807, 2.05) is 24.3 Å². The number of rotatable bonds is 4. The molecule has 1 unspecified atom stereocenters. The maximum atomic E-state index is 11.0. The van der Waals surface area contributed by atoms with Crippen LogP contribution in [0.2, 0.25) is 0 Å². The molecule has 18 heavy (non-hydrogen) atoms. The molecular formula is C17H18O. The Bertz CT molecular complexity index is 526. The van der Waals surface area contributed by atoms with Crippen molar-refractivity contribution < 1.29 is 4.79 Å². The standard InChI is InChI=1S/C17H18O/c1-3-13(2)14-8-10-15(11-9-14)17-7-5-4-6-16(17)12-18/h4-13H,3H2,1-2H3. The molecule has 2 aromatic rings. The van der Waals surface area contributed by atoms with Gasteiger partial charge in [-0.05, 0) is 29.0 Å². The Hall–Kier alpha value is -1.89. The van der Waals surface area contributed by atoms with E-state index in [0.29, 0.717) is 5.92 Å². The summed E-state index contributed by atoms with van der Waals surface area (Å²) in [4.78, 5) is 11.0. The summed E-state index contributed by atoms with van der Waals surface area (Å²) in [6.45, 7) is 4.43. The van der Waals surface area contributed by atoms with Crippen molar-refractivity contribution in [1.29, 1.82) is 0 Å². The van der Waals surface area contributed by atoms with Gasteiger partial charge >= 0.3 is 0 Å². The Labute approximate surface area is 108 Å². The van der Waals surface area contributed by atoms with Gasteiger partial charge in [-0.1, -0.05) is 62.4 Å². The van der Waals surface area contributed by atoms with E-state index in [9.17, 15) is 4.79 Å². The van der Waals surface area contributed by atoms with Gasteiger partial charge in [0.25, 0.3) is 0 Å². The zero-order valence-corrected chi connectivity index (χ0v) is 10.9. The maximum absolute atomic E-state index is 11.0. The highest BCUT2D eigenvalue weighted by atomic mass is 16.1. The summed E-state index contributed by atoms with van der Waals surface area (Å²) in [5.74, 6) is 0.584. The van der Waals surface area contributed by atoms with Crippen LogP contribution in [0.1, 0.15) is 42.1 Å². The highest BCUT2D eigenvalue weighted by Gasteiger charge is 2.05. The Kier molecular flexibility index (Phi) is 3.93. The Balaban J connectivity index is 2.37. The molecule has 1 nitrogen and oxygen atoms in total. The van der Waals surface area contributed by atoms with E-state index in [4.69, 9.17) is 0 Å².